The number of H-pyrrole nitrogens is 1. The Hall–Kier alpha value is -2.53. The fraction of sp³-hybridized carbons (Fsp3) is 0. The number of aromatic hydroxyl groups is 2. The molecule has 0 aliphatic rings. The standard InChI is InChI=1S/C14H10ClN3O2/c15-11-5-9(12(19)6-13(11)20)14-10(7-17-18-14)8-1-3-16-4-2-8/h1-7,19-20H,(H,17,18). The van der Waals surface area contributed by atoms with Crippen LogP contribution in [0.15, 0.2) is 42.9 Å². The second kappa shape index (κ2) is 4.86. The van der Waals surface area contributed by atoms with Crippen molar-refractivity contribution in [1.29, 1.82) is 0 Å². The highest BCUT2D eigenvalue weighted by Gasteiger charge is 2.16. The molecular formula is C14H10ClN3O2. The third-order valence-electron chi connectivity index (χ3n) is 2.95. The van der Waals surface area contributed by atoms with Crippen molar-refractivity contribution >= 4 is 11.6 Å². The predicted molar refractivity (Wildman–Crippen MR) is 75.6 cm³/mol. The van der Waals surface area contributed by atoms with Crippen LogP contribution in [0.4, 0.5) is 0 Å². The van der Waals surface area contributed by atoms with Crippen molar-refractivity contribution in [3.8, 4) is 33.9 Å². The number of phenolic OH excluding ortho intramolecular Hbond substituents is 2. The van der Waals surface area contributed by atoms with E-state index in [1.54, 1.807) is 18.6 Å². The van der Waals surface area contributed by atoms with Crippen LogP contribution in [0.3, 0.4) is 0 Å². The quantitative estimate of drug-likeness (QED) is 0.676. The van der Waals surface area contributed by atoms with Gasteiger partial charge in [0.2, 0.25) is 0 Å². The average Bonchev–Trinajstić information content (AvgIpc) is 2.93. The molecule has 0 atom stereocenters. The summed E-state index contributed by atoms with van der Waals surface area (Å²) >= 11 is 5.89. The molecule has 6 heteroatoms. The highest BCUT2D eigenvalue weighted by Crippen LogP contribution is 2.39. The molecule has 0 amide bonds. The van der Waals surface area contributed by atoms with Gasteiger partial charge >= 0.3 is 0 Å². The molecule has 0 aliphatic carbocycles. The molecule has 1 aromatic carbocycles. The number of halogens is 1. The van der Waals surface area contributed by atoms with Crippen molar-refractivity contribution < 1.29 is 10.2 Å². The molecule has 0 aliphatic heterocycles. The Morgan fingerprint density at radius 3 is 2.50 bits per heavy atom. The summed E-state index contributed by atoms with van der Waals surface area (Å²) in [6, 6.07) is 6.36. The molecule has 2 aromatic heterocycles. The Balaban J connectivity index is 2.18. The van der Waals surface area contributed by atoms with Crippen molar-refractivity contribution in [1.82, 2.24) is 15.2 Å². The van der Waals surface area contributed by atoms with E-state index in [0.717, 1.165) is 11.1 Å². The smallest absolute Gasteiger partial charge is 0.137 e. The minimum absolute atomic E-state index is 0.0886. The molecule has 0 spiro atoms. The number of nitrogens with one attached hydrogen (secondary N) is 1. The number of hydrogen-bond acceptors (Lipinski definition) is 4. The van der Waals surface area contributed by atoms with E-state index < -0.39 is 0 Å². The van der Waals surface area contributed by atoms with Crippen molar-refractivity contribution in [2.45, 2.75) is 0 Å². The summed E-state index contributed by atoms with van der Waals surface area (Å²) in [7, 11) is 0. The van der Waals surface area contributed by atoms with Crippen molar-refractivity contribution in [2.24, 2.45) is 0 Å². The largest absolute Gasteiger partial charge is 0.507 e. The molecule has 100 valence electrons. The molecule has 3 rings (SSSR count). The average molecular weight is 288 g/mol. The van der Waals surface area contributed by atoms with Crippen LogP contribution in [0.1, 0.15) is 0 Å². The molecule has 0 unspecified atom stereocenters. The molecule has 0 fully saturated rings. The van der Waals surface area contributed by atoms with Gasteiger partial charge in [-0.05, 0) is 23.8 Å². The normalized spacial score (nSPS) is 10.7. The van der Waals surface area contributed by atoms with Crippen LogP contribution in [0, 0.1) is 0 Å². The topological polar surface area (TPSA) is 82.0 Å². The summed E-state index contributed by atoms with van der Waals surface area (Å²) in [6.45, 7) is 0. The van der Waals surface area contributed by atoms with Crippen LogP contribution in [0.5, 0.6) is 11.5 Å². The Morgan fingerprint density at radius 1 is 1.00 bits per heavy atom. The fourth-order valence-electron chi connectivity index (χ4n) is 1.99. The number of aromatic nitrogens is 3. The molecule has 2 heterocycles. The minimum Gasteiger partial charge on any atom is -0.507 e. The maximum Gasteiger partial charge on any atom is 0.137 e. The van der Waals surface area contributed by atoms with Crippen LogP contribution in [0.2, 0.25) is 5.02 Å². The molecule has 0 saturated heterocycles. The van der Waals surface area contributed by atoms with Crippen LogP contribution in [-0.2, 0) is 0 Å². The molecule has 0 saturated carbocycles. The maximum absolute atomic E-state index is 9.97. The number of hydrogen-bond donors (Lipinski definition) is 3. The Morgan fingerprint density at radius 2 is 1.75 bits per heavy atom. The van der Waals surface area contributed by atoms with E-state index in [0.29, 0.717) is 11.3 Å². The molecule has 5 nitrogen and oxygen atoms in total. The number of benzene rings is 1. The zero-order chi connectivity index (χ0) is 14.1. The summed E-state index contributed by atoms with van der Waals surface area (Å²) in [5, 5.41) is 26.5. The molecule has 3 N–H and O–H groups in total. The molecule has 0 bridgehead atoms. The first-order chi connectivity index (χ1) is 9.66. The number of phenols is 2. The minimum atomic E-state index is -0.172. The number of aromatic amines is 1. The van der Waals surface area contributed by atoms with Gasteiger partial charge in [0, 0.05) is 35.8 Å². The van der Waals surface area contributed by atoms with E-state index in [1.165, 1.54) is 12.1 Å². The van der Waals surface area contributed by atoms with E-state index >= 15 is 0 Å². The fourth-order valence-corrected chi connectivity index (χ4v) is 2.15. The van der Waals surface area contributed by atoms with E-state index in [1.807, 2.05) is 12.1 Å². The van der Waals surface area contributed by atoms with E-state index in [2.05, 4.69) is 15.2 Å². The van der Waals surface area contributed by atoms with Gasteiger partial charge in [-0.2, -0.15) is 5.10 Å². The van der Waals surface area contributed by atoms with Crippen molar-refractivity contribution in [3.63, 3.8) is 0 Å². The van der Waals surface area contributed by atoms with Gasteiger partial charge in [-0.1, -0.05) is 11.6 Å². The third kappa shape index (κ3) is 2.08. The summed E-state index contributed by atoms with van der Waals surface area (Å²) < 4.78 is 0. The third-order valence-corrected chi connectivity index (χ3v) is 3.25. The van der Waals surface area contributed by atoms with Crippen molar-refractivity contribution in [3.05, 3.63) is 47.9 Å². The highest BCUT2D eigenvalue weighted by atomic mass is 35.5. The Kier molecular flexibility index (Phi) is 3.04. The van der Waals surface area contributed by atoms with Gasteiger partial charge in [-0.15, -0.1) is 0 Å². The zero-order valence-electron chi connectivity index (χ0n) is 10.2. The van der Waals surface area contributed by atoms with Crippen LogP contribution < -0.4 is 0 Å². The van der Waals surface area contributed by atoms with Crippen molar-refractivity contribution in [2.75, 3.05) is 0 Å². The van der Waals surface area contributed by atoms with Gasteiger partial charge in [-0.3, -0.25) is 10.1 Å². The van der Waals surface area contributed by atoms with E-state index in [9.17, 15) is 10.2 Å². The molecular weight excluding hydrogens is 278 g/mol. The Labute approximate surface area is 119 Å². The maximum atomic E-state index is 9.97. The zero-order valence-corrected chi connectivity index (χ0v) is 11.0. The van der Waals surface area contributed by atoms with Gasteiger partial charge in [0.1, 0.15) is 17.2 Å². The first kappa shape index (κ1) is 12.5. The van der Waals surface area contributed by atoms with E-state index in [4.69, 9.17) is 11.6 Å². The lowest BCUT2D eigenvalue weighted by Gasteiger charge is -2.07. The lowest BCUT2D eigenvalue weighted by molar-refractivity contribution is 0.452. The van der Waals surface area contributed by atoms with E-state index in [-0.39, 0.29) is 16.5 Å². The summed E-state index contributed by atoms with van der Waals surface area (Å²) in [5.74, 6) is -0.261. The number of rotatable bonds is 2. The molecule has 3 aromatic rings. The molecule has 20 heavy (non-hydrogen) atoms. The van der Waals surface area contributed by atoms with Gasteiger partial charge < -0.3 is 10.2 Å². The summed E-state index contributed by atoms with van der Waals surface area (Å²) in [6.07, 6.45) is 5.08. The first-order valence-corrected chi connectivity index (χ1v) is 6.20. The van der Waals surface area contributed by atoms with Crippen LogP contribution in [-0.4, -0.2) is 25.4 Å². The van der Waals surface area contributed by atoms with Gasteiger partial charge in [0.15, 0.2) is 0 Å². The van der Waals surface area contributed by atoms with Gasteiger partial charge in [-0.25, -0.2) is 0 Å². The Bertz CT molecular complexity index is 756. The van der Waals surface area contributed by atoms with Crippen LogP contribution >= 0.6 is 11.6 Å². The number of nitrogens with zero attached hydrogens (tertiary/aromatic N) is 2. The predicted octanol–water partition coefficient (Wildman–Crippen LogP) is 3.20. The lowest BCUT2D eigenvalue weighted by atomic mass is 10.0. The second-order valence-electron chi connectivity index (χ2n) is 4.20. The highest BCUT2D eigenvalue weighted by molar-refractivity contribution is 6.32. The second-order valence-corrected chi connectivity index (χ2v) is 4.61. The monoisotopic (exact) mass is 287 g/mol. The first-order valence-electron chi connectivity index (χ1n) is 5.83. The SMILES string of the molecule is Oc1cc(O)c(-c2n[nH]cc2-c2ccncc2)cc1Cl. The lowest BCUT2D eigenvalue weighted by Crippen LogP contribution is -1.85. The summed E-state index contributed by atoms with van der Waals surface area (Å²) in [4.78, 5) is 3.97. The summed E-state index contributed by atoms with van der Waals surface area (Å²) in [5.41, 5.74) is 2.72. The van der Waals surface area contributed by atoms with Gasteiger partial charge in [0.25, 0.3) is 0 Å². The van der Waals surface area contributed by atoms with Gasteiger partial charge in [0.05, 0.1) is 5.02 Å². The number of pyridine rings is 1. The van der Waals surface area contributed by atoms with Crippen LogP contribution in [0.25, 0.3) is 22.4 Å². The molecule has 0 radical (unpaired) electrons.